The lowest BCUT2D eigenvalue weighted by Crippen LogP contribution is -2.26. The predicted octanol–water partition coefficient (Wildman–Crippen LogP) is 12.3. The van der Waals surface area contributed by atoms with Gasteiger partial charge in [-0.3, -0.25) is 28.8 Å². The summed E-state index contributed by atoms with van der Waals surface area (Å²) in [4.78, 5) is 65.5. The molecule has 1 aromatic carbocycles. The molecule has 0 aromatic heterocycles. The van der Waals surface area contributed by atoms with Crippen LogP contribution in [-0.4, -0.2) is 67.3 Å². The Labute approximate surface area is 395 Å². The van der Waals surface area contributed by atoms with Crippen molar-refractivity contribution in [2.45, 2.75) is 201 Å². The molecule has 2 aliphatic carbocycles. The van der Waals surface area contributed by atoms with Crippen molar-refractivity contribution in [1.82, 2.24) is 0 Å². The van der Waals surface area contributed by atoms with Crippen molar-refractivity contribution < 1.29 is 57.2 Å². The molecule has 12 heteroatoms. The zero-order chi connectivity index (χ0) is 50.7. The molecule has 2 saturated carbocycles. The van der Waals surface area contributed by atoms with Gasteiger partial charge in [-0.15, -0.1) is 0 Å². The summed E-state index contributed by atoms with van der Waals surface area (Å²) >= 11 is 0. The van der Waals surface area contributed by atoms with Gasteiger partial charge in [-0.05, 0) is 84.6 Å². The zero-order valence-electron chi connectivity index (χ0n) is 44.2. The molecule has 1 aromatic rings. The molecule has 0 radical (unpaired) electrons. The largest absolute Gasteiger partial charge is 0.466 e. The summed E-state index contributed by atoms with van der Waals surface area (Å²) in [5.74, 6) is 0.616. The van der Waals surface area contributed by atoms with Crippen LogP contribution in [0.25, 0.3) is 0 Å². The number of hydrogen-bond donors (Lipinski definition) is 0. The number of hydrogen-bond acceptors (Lipinski definition) is 12. The maximum atomic E-state index is 11.2. The van der Waals surface area contributed by atoms with E-state index in [4.69, 9.17) is 23.7 Å². The van der Waals surface area contributed by atoms with Gasteiger partial charge in [-0.25, -0.2) is 0 Å². The van der Waals surface area contributed by atoms with E-state index in [0.29, 0.717) is 38.3 Å². The Kier molecular flexibility index (Phi) is 38.4. The number of carbonyl (C=O) groups is 6. The maximum absolute atomic E-state index is 11.2. The lowest BCUT2D eigenvalue weighted by Gasteiger charge is -2.21. The van der Waals surface area contributed by atoms with E-state index in [0.717, 1.165) is 5.56 Å². The van der Waals surface area contributed by atoms with Crippen LogP contribution in [0.4, 0.5) is 0 Å². The number of esters is 6. The second-order valence-corrected chi connectivity index (χ2v) is 19.7. The first-order chi connectivity index (χ1) is 30.1. The van der Waals surface area contributed by atoms with Crippen LogP contribution in [0, 0.1) is 47.3 Å². The minimum absolute atomic E-state index is 0.00704. The molecule has 65 heavy (non-hydrogen) atoms. The normalized spacial score (nSPS) is 13.7. The fourth-order valence-corrected chi connectivity index (χ4v) is 5.26. The molecule has 0 atom stereocenters. The van der Waals surface area contributed by atoms with E-state index >= 15 is 0 Å². The van der Waals surface area contributed by atoms with Crippen LogP contribution in [0.1, 0.15) is 188 Å². The molecule has 0 unspecified atom stereocenters. The molecule has 0 amide bonds. The van der Waals surface area contributed by atoms with Crippen molar-refractivity contribution in [2.75, 3.05) is 19.8 Å². The molecule has 2 fully saturated rings. The maximum Gasteiger partial charge on any atom is 0.308 e. The van der Waals surface area contributed by atoms with E-state index in [1.807, 2.05) is 148 Å². The molecular formula is C53H94O12. The van der Waals surface area contributed by atoms with E-state index in [-0.39, 0.29) is 83.0 Å². The topological polar surface area (TPSA) is 158 Å². The van der Waals surface area contributed by atoms with Crippen LogP contribution in [0.5, 0.6) is 0 Å². The van der Waals surface area contributed by atoms with Gasteiger partial charge in [0.25, 0.3) is 0 Å². The second-order valence-electron chi connectivity index (χ2n) is 19.7. The Balaban J connectivity index is -0.000000717. The van der Waals surface area contributed by atoms with Gasteiger partial charge in [0.15, 0.2) is 0 Å². The van der Waals surface area contributed by atoms with Crippen molar-refractivity contribution >= 4 is 35.8 Å². The van der Waals surface area contributed by atoms with E-state index in [1.54, 1.807) is 6.92 Å². The van der Waals surface area contributed by atoms with E-state index in [1.165, 1.54) is 57.8 Å². The lowest BCUT2D eigenvalue weighted by molar-refractivity contribution is -0.159. The number of ether oxygens (including phenoxy) is 6. The first kappa shape index (κ1) is 65.3. The van der Waals surface area contributed by atoms with Crippen molar-refractivity contribution in [1.29, 1.82) is 0 Å². The van der Waals surface area contributed by atoms with Crippen LogP contribution >= 0.6 is 0 Å². The lowest BCUT2D eigenvalue weighted by atomic mass is 9.90. The highest BCUT2D eigenvalue weighted by Crippen LogP contribution is 2.25. The molecule has 0 aliphatic heterocycles. The number of benzene rings is 1. The highest BCUT2D eigenvalue weighted by molar-refractivity contribution is 5.73. The summed E-state index contributed by atoms with van der Waals surface area (Å²) in [5.41, 5.74) is 0.679. The minimum Gasteiger partial charge on any atom is -0.466 e. The second kappa shape index (κ2) is 38.2. The third-order valence-electron chi connectivity index (χ3n) is 9.22. The fourth-order valence-electron chi connectivity index (χ4n) is 5.26. The van der Waals surface area contributed by atoms with Gasteiger partial charge < -0.3 is 28.4 Å². The average Bonchev–Trinajstić information content (AvgIpc) is 3.76. The summed E-state index contributed by atoms with van der Waals surface area (Å²) in [6, 6.07) is 9.67. The van der Waals surface area contributed by atoms with E-state index in [2.05, 4.69) is 4.74 Å². The van der Waals surface area contributed by atoms with Crippen LogP contribution in [0.2, 0.25) is 0 Å². The van der Waals surface area contributed by atoms with Gasteiger partial charge in [0.05, 0.1) is 61.4 Å². The molecular weight excluding hydrogens is 829 g/mol. The third kappa shape index (κ3) is 41.2. The summed E-state index contributed by atoms with van der Waals surface area (Å²) in [5, 5.41) is 0. The smallest absolute Gasteiger partial charge is 0.308 e. The highest BCUT2D eigenvalue weighted by Gasteiger charge is 2.20. The third-order valence-corrected chi connectivity index (χ3v) is 9.22. The molecule has 378 valence electrons. The molecule has 0 bridgehead atoms. The SMILES string of the molecule is CC(C)C(=O)OC(C)(C)C.CC(C)C(=O)OCC1CCCC1.CC(C)C(=O)OCC1CCCCC1.CC(C)C(=O)OCc1ccccc1.CC(C)OC(=O)C(C)C.CCOC(=O)C(C)C. The van der Waals surface area contributed by atoms with Crippen molar-refractivity contribution in [2.24, 2.45) is 47.3 Å². The Hall–Kier alpha value is -3.96. The van der Waals surface area contributed by atoms with E-state index in [9.17, 15) is 28.8 Å². The molecule has 0 heterocycles. The first-order valence-corrected chi connectivity index (χ1v) is 24.3. The molecule has 2 aliphatic rings. The molecule has 0 N–H and O–H groups in total. The monoisotopic (exact) mass is 923 g/mol. The standard InChI is InChI=1S/C11H20O2.C11H14O2.C10H18O2.C8H16O2.C7H14O2.C6H12O2/c2*1-9(2)11(12)13-8-10-6-4-3-5-7-10;1-8(2)10(11)12-7-9-5-3-4-6-9;1-6(2)7(9)10-8(3,4)5;1-5(2)7(8)9-6(3)4;1-4-8-6(7)5(2)3/h9-10H,3-8H2,1-2H3;3-7,9H,8H2,1-2H3;8-9H,3-7H2,1-2H3;6H,1-5H3;5-6H,1-4H3;5H,4H2,1-3H3. The van der Waals surface area contributed by atoms with Crippen LogP contribution in [0.15, 0.2) is 30.3 Å². The van der Waals surface area contributed by atoms with Gasteiger partial charge in [0, 0.05) is 0 Å². The van der Waals surface area contributed by atoms with Gasteiger partial charge in [0.1, 0.15) is 12.2 Å². The van der Waals surface area contributed by atoms with Gasteiger partial charge in [-0.1, -0.05) is 146 Å². The highest BCUT2D eigenvalue weighted by atomic mass is 16.6. The van der Waals surface area contributed by atoms with Crippen LogP contribution < -0.4 is 0 Å². The summed E-state index contributed by atoms with van der Waals surface area (Å²) < 4.78 is 30.0. The molecule has 12 nitrogen and oxygen atoms in total. The van der Waals surface area contributed by atoms with Crippen LogP contribution in [0.3, 0.4) is 0 Å². The predicted molar refractivity (Wildman–Crippen MR) is 259 cm³/mol. The van der Waals surface area contributed by atoms with Crippen molar-refractivity contribution in [3.05, 3.63) is 35.9 Å². The Morgan fingerprint density at radius 3 is 1.09 bits per heavy atom. The summed E-state index contributed by atoms with van der Waals surface area (Å²) in [7, 11) is 0. The molecule has 3 rings (SSSR count). The fraction of sp³-hybridized carbons (Fsp3) is 0.774. The number of carbonyl (C=O) groups excluding carboxylic acids is 6. The van der Waals surface area contributed by atoms with Gasteiger partial charge >= 0.3 is 35.8 Å². The summed E-state index contributed by atoms with van der Waals surface area (Å²) in [6.07, 6.45) is 11.6. The van der Waals surface area contributed by atoms with Crippen LogP contribution in [-0.2, 0) is 63.8 Å². The zero-order valence-corrected chi connectivity index (χ0v) is 44.2. The molecule has 0 saturated heterocycles. The molecule has 0 spiro atoms. The Bertz CT molecular complexity index is 1400. The summed E-state index contributed by atoms with van der Waals surface area (Å²) in [6.45, 7) is 35.4. The average molecular weight is 923 g/mol. The Morgan fingerprint density at radius 2 is 0.815 bits per heavy atom. The van der Waals surface area contributed by atoms with Gasteiger partial charge in [0.2, 0.25) is 0 Å². The first-order valence-electron chi connectivity index (χ1n) is 24.3. The quantitative estimate of drug-likeness (QED) is 0.129. The Morgan fingerprint density at radius 1 is 0.477 bits per heavy atom. The van der Waals surface area contributed by atoms with Gasteiger partial charge in [-0.2, -0.15) is 0 Å². The number of rotatable bonds is 14. The van der Waals surface area contributed by atoms with E-state index < -0.39 is 0 Å². The van der Waals surface area contributed by atoms with Crippen molar-refractivity contribution in [3.8, 4) is 0 Å². The minimum atomic E-state index is -0.346. The van der Waals surface area contributed by atoms with Crippen molar-refractivity contribution in [3.63, 3.8) is 0 Å².